The Kier molecular flexibility index (Phi) is 3.66. The molecule has 0 bridgehead atoms. The molecule has 1 aliphatic carbocycles. The lowest BCUT2D eigenvalue weighted by atomic mass is 10.3. The van der Waals surface area contributed by atoms with Gasteiger partial charge in [0.25, 0.3) is 11.6 Å². The topological polar surface area (TPSA) is 81.5 Å². The lowest BCUT2D eigenvalue weighted by molar-refractivity contribution is -0.384. The largest absolute Gasteiger partial charge is 0.484 e. The fraction of sp³-hybridized carbons (Fsp3) is 0.364. The van der Waals surface area contributed by atoms with Crippen LogP contribution in [0.1, 0.15) is 12.8 Å². The van der Waals surface area contributed by atoms with Crippen molar-refractivity contribution in [3.05, 3.63) is 33.3 Å². The van der Waals surface area contributed by atoms with E-state index in [0.717, 1.165) is 12.8 Å². The highest BCUT2D eigenvalue weighted by atomic mass is 35.5. The number of nitrogens with one attached hydrogen (secondary N) is 1. The Bertz CT molecular complexity index is 488. The van der Waals surface area contributed by atoms with Gasteiger partial charge in [0, 0.05) is 18.2 Å². The van der Waals surface area contributed by atoms with Gasteiger partial charge in [-0.1, -0.05) is 11.6 Å². The monoisotopic (exact) mass is 270 g/mol. The molecule has 18 heavy (non-hydrogen) atoms. The van der Waals surface area contributed by atoms with Crippen LogP contribution in [0.2, 0.25) is 5.02 Å². The first kappa shape index (κ1) is 12.6. The molecule has 0 heterocycles. The van der Waals surface area contributed by atoms with Crippen LogP contribution >= 0.6 is 11.6 Å². The van der Waals surface area contributed by atoms with Crippen molar-refractivity contribution in [2.24, 2.45) is 0 Å². The van der Waals surface area contributed by atoms with Gasteiger partial charge in [0.05, 0.1) is 4.92 Å². The van der Waals surface area contributed by atoms with Crippen molar-refractivity contribution >= 4 is 23.2 Å². The minimum absolute atomic E-state index is 0.0138. The highest BCUT2D eigenvalue weighted by Gasteiger charge is 2.23. The predicted molar refractivity (Wildman–Crippen MR) is 64.8 cm³/mol. The van der Waals surface area contributed by atoms with E-state index in [2.05, 4.69) is 5.32 Å². The number of carbonyl (C=O) groups is 1. The Balaban J connectivity index is 1.90. The lowest BCUT2D eigenvalue weighted by Gasteiger charge is -2.06. The Labute approximate surface area is 108 Å². The first-order valence-corrected chi connectivity index (χ1v) is 5.80. The second-order valence-corrected chi connectivity index (χ2v) is 4.41. The summed E-state index contributed by atoms with van der Waals surface area (Å²) in [5, 5.41) is 13.3. The molecule has 6 nitrogen and oxygen atoms in total. The molecule has 0 unspecified atom stereocenters. The van der Waals surface area contributed by atoms with E-state index >= 15 is 0 Å². The molecular weight excluding hydrogens is 260 g/mol. The summed E-state index contributed by atoms with van der Waals surface area (Å²) in [5.41, 5.74) is -0.188. The third-order valence-corrected chi connectivity index (χ3v) is 2.73. The number of halogens is 1. The van der Waals surface area contributed by atoms with Crippen LogP contribution < -0.4 is 10.1 Å². The van der Waals surface area contributed by atoms with Gasteiger partial charge in [-0.15, -0.1) is 0 Å². The second kappa shape index (κ2) is 5.22. The first-order valence-electron chi connectivity index (χ1n) is 5.42. The smallest absolute Gasteiger partial charge is 0.288 e. The number of nitrogens with zero attached hydrogens (tertiary/aromatic N) is 1. The summed E-state index contributed by atoms with van der Waals surface area (Å²) in [7, 11) is 0. The average molecular weight is 271 g/mol. The zero-order valence-corrected chi connectivity index (χ0v) is 10.1. The quantitative estimate of drug-likeness (QED) is 0.654. The van der Waals surface area contributed by atoms with Gasteiger partial charge in [0.15, 0.2) is 6.61 Å². The van der Waals surface area contributed by atoms with Crippen molar-refractivity contribution < 1.29 is 14.5 Å². The number of hydrogen-bond acceptors (Lipinski definition) is 4. The van der Waals surface area contributed by atoms with E-state index in [-0.39, 0.29) is 29.3 Å². The zero-order valence-electron chi connectivity index (χ0n) is 9.39. The molecule has 0 radical (unpaired) electrons. The Morgan fingerprint density at radius 1 is 1.56 bits per heavy atom. The SMILES string of the molecule is O=C(COc1ccc([N+](=O)[O-])c(Cl)c1)NC1CC1. The number of nitro groups is 1. The summed E-state index contributed by atoms with van der Waals surface area (Å²) in [6.07, 6.45) is 2.02. The average Bonchev–Trinajstić information content (AvgIpc) is 3.10. The molecule has 1 fully saturated rings. The molecule has 1 aliphatic rings. The van der Waals surface area contributed by atoms with Crippen LogP contribution in [0.25, 0.3) is 0 Å². The molecule has 0 atom stereocenters. The van der Waals surface area contributed by atoms with Crippen molar-refractivity contribution in [2.75, 3.05) is 6.61 Å². The van der Waals surface area contributed by atoms with E-state index in [1.807, 2.05) is 0 Å². The second-order valence-electron chi connectivity index (χ2n) is 4.00. The van der Waals surface area contributed by atoms with Crippen LogP contribution in [0.5, 0.6) is 5.75 Å². The summed E-state index contributed by atoms with van der Waals surface area (Å²) in [5.74, 6) is 0.128. The Morgan fingerprint density at radius 2 is 2.28 bits per heavy atom. The van der Waals surface area contributed by atoms with E-state index in [1.54, 1.807) is 0 Å². The van der Waals surface area contributed by atoms with Crippen LogP contribution in [-0.2, 0) is 4.79 Å². The summed E-state index contributed by atoms with van der Waals surface area (Å²) in [4.78, 5) is 21.3. The fourth-order valence-corrected chi connectivity index (χ4v) is 1.61. The van der Waals surface area contributed by atoms with Gasteiger partial charge in [-0.3, -0.25) is 14.9 Å². The van der Waals surface area contributed by atoms with Crippen LogP contribution in [-0.4, -0.2) is 23.5 Å². The molecule has 96 valence electrons. The number of nitro benzene ring substituents is 1. The van der Waals surface area contributed by atoms with Gasteiger partial charge in [-0.2, -0.15) is 0 Å². The zero-order chi connectivity index (χ0) is 13.1. The Morgan fingerprint density at radius 3 is 2.83 bits per heavy atom. The van der Waals surface area contributed by atoms with Crippen LogP contribution in [0.15, 0.2) is 18.2 Å². The van der Waals surface area contributed by atoms with Crippen molar-refractivity contribution in [2.45, 2.75) is 18.9 Å². The van der Waals surface area contributed by atoms with Gasteiger partial charge in [0.2, 0.25) is 0 Å². The third-order valence-electron chi connectivity index (χ3n) is 2.43. The fourth-order valence-electron chi connectivity index (χ4n) is 1.37. The molecule has 1 amide bonds. The molecule has 0 saturated heterocycles. The number of carbonyl (C=O) groups excluding carboxylic acids is 1. The number of benzene rings is 1. The molecule has 1 saturated carbocycles. The molecule has 1 aromatic rings. The van der Waals surface area contributed by atoms with Gasteiger partial charge in [-0.05, 0) is 18.9 Å². The van der Waals surface area contributed by atoms with Gasteiger partial charge < -0.3 is 10.1 Å². The van der Waals surface area contributed by atoms with Crippen molar-refractivity contribution in [1.82, 2.24) is 5.32 Å². The minimum atomic E-state index is -0.577. The molecule has 7 heteroatoms. The van der Waals surface area contributed by atoms with Crippen molar-refractivity contribution in [3.8, 4) is 5.75 Å². The van der Waals surface area contributed by atoms with E-state index < -0.39 is 4.92 Å². The van der Waals surface area contributed by atoms with Crippen LogP contribution in [0.3, 0.4) is 0 Å². The molecule has 1 aromatic carbocycles. The predicted octanol–water partition coefficient (Wildman–Crippen LogP) is 1.91. The molecule has 1 N–H and O–H groups in total. The van der Waals surface area contributed by atoms with Crippen LogP contribution in [0.4, 0.5) is 5.69 Å². The van der Waals surface area contributed by atoms with Gasteiger partial charge >= 0.3 is 0 Å². The summed E-state index contributed by atoms with van der Waals surface area (Å²) >= 11 is 5.71. The van der Waals surface area contributed by atoms with E-state index in [9.17, 15) is 14.9 Å². The van der Waals surface area contributed by atoms with E-state index in [1.165, 1.54) is 18.2 Å². The Hall–Kier alpha value is -1.82. The minimum Gasteiger partial charge on any atom is -0.484 e. The maximum atomic E-state index is 11.3. The third kappa shape index (κ3) is 3.33. The standard InChI is InChI=1S/C11H11ClN2O4/c12-9-5-8(3-4-10(9)14(16)17)18-6-11(15)13-7-1-2-7/h3-5,7H,1-2,6H2,(H,13,15). The number of rotatable bonds is 5. The summed E-state index contributed by atoms with van der Waals surface area (Å²) < 4.78 is 5.19. The lowest BCUT2D eigenvalue weighted by Crippen LogP contribution is -2.30. The highest BCUT2D eigenvalue weighted by molar-refractivity contribution is 6.32. The summed E-state index contributed by atoms with van der Waals surface area (Å²) in [6.45, 7) is -0.120. The number of hydrogen-bond donors (Lipinski definition) is 1. The molecule has 0 aromatic heterocycles. The number of ether oxygens (including phenoxy) is 1. The van der Waals surface area contributed by atoms with Crippen LogP contribution in [0, 0.1) is 10.1 Å². The maximum Gasteiger partial charge on any atom is 0.288 e. The molecule has 2 rings (SSSR count). The molecule has 0 aliphatic heterocycles. The van der Waals surface area contributed by atoms with Crippen molar-refractivity contribution in [3.63, 3.8) is 0 Å². The van der Waals surface area contributed by atoms with Gasteiger partial charge in [0.1, 0.15) is 10.8 Å². The van der Waals surface area contributed by atoms with E-state index in [0.29, 0.717) is 5.75 Å². The molecule has 0 spiro atoms. The first-order chi connectivity index (χ1) is 8.56. The number of amides is 1. The van der Waals surface area contributed by atoms with E-state index in [4.69, 9.17) is 16.3 Å². The molecular formula is C11H11ClN2O4. The van der Waals surface area contributed by atoms with Crippen molar-refractivity contribution in [1.29, 1.82) is 0 Å². The maximum absolute atomic E-state index is 11.3. The highest BCUT2D eigenvalue weighted by Crippen LogP contribution is 2.28. The summed E-state index contributed by atoms with van der Waals surface area (Å²) in [6, 6.07) is 4.26. The normalized spacial score (nSPS) is 14.1. The van der Waals surface area contributed by atoms with Gasteiger partial charge in [-0.25, -0.2) is 0 Å².